The molecule has 1 N–H and O–H groups in total. The van der Waals surface area contributed by atoms with Crippen molar-refractivity contribution in [3.63, 3.8) is 0 Å². The summed E-state index contributed by atoms with van der Waals surface area (Å²) in [6.45, 7) is 1.67. The maximum Gasteiger partial charge on any atom is 0.417 e. The minimum atomic E-state index is -4.37. The van der Waals surface area contributed by atoms with Crippen molar-refractivity contribution in [1.82, 2.24) is 15.0 Å². The van der Waals surface area contributed by atoms with Crippen LogP contribution in [0.3, 0.4) is 0 Å². The highest BCUT2D eigenvalue weighted by Crippen LogP contribution is 2.31. The summed E-state index contributed by atoms with van der Waals surface area (Å²) in [5.41, 5.74) is -0.0792. The van der Waals surface area contributed by atoms with Gasteiger partial charge in [-0.2, -0.15) is 13.2 Å². The van der Waals surface area contributed by atoms with E-state index in [1.54, 1.807) is 14.2 Å². The summed E-state index contributed by atoms with van der Waals surface area (Å²) in [7, 11) is 3.14. The van der Waals surface area contributed by atoms with E-state index in [-0.39, 0.29) is 6.04 Å². The van der Waals surface area contributed by atoms with Crippen LogP contribution in [0.5, 0.6) is 5.75 Å². The van der Waals surface area contributed by atoms with Gasteiger partial charge in [0.05, 0.1) is 19.3 Å². The number of halogens is 3. The quantitative estimate of drug-likeness (QED) is 0.803. The number of alkyl halides is 3. The van der Waals surface area contributed by atoms with Crippen LogP contribution in [0.2, 0.25) is 0 Å². The summed E-state index contributed by atoms with van der Waals surface area (Å²) in [6.07, 6.45) is -0.463. The van der Waals surface area contributed by atoms with Crippen molar-refractivity contribution in [3.8, 4) is 5.75 Å². The second-order valence-corrected chi connectivity index (χ2v) is 6.44. The second kappa shape index (κ2) is 8.59. The highest BCUT2D eigenvalue weighted by molar-refractivity contribution is 5.53. The van der Waals surface area contributed by atoms with Crippen LogP contribution in [-0.2, 0) is 17.5 Å². The summed E-state index contributed by atoms with van der Waals surface area (Å²) >= 11 is 0. The Morgan fingerprint density at radius 1 is 1.14 bits per heavy atom. The van der Waals surface area contributed by atoms with Crippen LogP contribution in [-0.4, -0.2) is 48.3 Å². The lowest BCUT2D eigenvalue weighted by Gasteiger charge is -2.33. The molecule has 0 aromatic carbocycles. The van der Waals surface area contributed by atoms with E-state index >= 15 is 0 Å². The topological polar surface area (TPSA) is 72.4 Å². The number of aromatic nitrogens is 3. The molecule has 0 aliphatic carbocycles. The first-order valence-corrected chi connectivity index (χ1v) is 8.84. The van der Waals surface area contributed by atoms with Crippen LogP contribution in [0, 0.1) is 0 Å². The van der Waals surface area contributed by atoms with Gasteiger partial charge in [-0.25, -0.2) is 15.0 Å². The fourth-order valence-electron chi connectivity index (χ4n) is 3.15. The van der Waals surface area contributed by atoms with Gasteiger partial charge in [0.2, 0.25) is 0 Å². The van der Waals surface area contributed by atoms with Crippen LogP contribution in [0.4, 0.5) is 24.8 Å². The van der Waals surface area contributed by atoms with Gasteiger partial charge in [-0.1, -0.05) is 0 Å². The Morgan fingerprint density at radius 2 is 1.89 bits per heavy atom. The summed E-state index contributed by atoms with van der Waals surface area (Å²) in [6, 6.07) is 2.64. The number of pyridine rings is 1. The molecule has 28 heavy (non-hydrogen) atoms. The highest BCUT2D eigenvalue weighted by Gasteiger charge is 2.31. The Bertz CT molecular complexity index is 778. The monoisotopic (exact) mass is 397 g/mol. The van der Waals surface area contributed by atoms with Crippen molar-refractivity contribution in [1.29, 1.82) is 0 Å². The van der Waals surface area contributed by atoms with Crippen LogP contribution < -0.4 is 15.0 Å². The van der Waals surface area contributed by atoms with E-state index in [0.29, 0.717) is 42.8 Å². The molecular weight excluding hydrogens is 375 g/mol. The van der Waals surface area contributed by atoms with Crippen molar-refractivity contribution in [2.24, 2.45) is 0 Å². The molecule has 0 bridgehead atoms. The lowest BCUT2D eigenvalue weighted by atomic mass is 10.0. The number of hydrogen-bond acceptors (Lipinski definition) is 7. The van der Waals surface area contributed by atoms with Crippen LogP contribution >= 0.6 is 0 Å². The molecular formula is C18H22F3N5O2. The molecule has 3 rings (SSSR count). The molecule has 1 fully saturated rings. The average molecular weight is 397 g/mol. The molecule has 0 amide bonds. The Balaban J connectivity index is 1.61. The number of ether oxygens (including phenoxy) is 2. The molecule has 0 atom stereocenters. The summed E-state index contributed by atoms with van der Waals surface area (Å²) in [4.78, 5) is 14.4. The number of nitrogens with one attached hydrogen (secondary N) is 1. The third-order valence-corrected chi connectivity index (χ3v) is 4.60. The smallest absolute Gasteiger partial charge is 0.417 e. The van der Waals surface area contributed by atoms with Gasteiger partial charge in [0.1, 0.15) is 17.8 Å². The number of piperidine rings is 1. The van der Waals surface area contributed by atoms with Crippen molar-refractivity contribution < 1.29 is 22.6 Å². The fourth-order valence-corrected chi connectivity index (χ4v) is 3.15. The normalized spacial score (nSPS) is 15.5. The lowest BCUT2D eigenvalue weighted by Crippen LogP contribution is -2.39. The molecule has 0 radical (unpaired) electrons. The van der Waals surface area contributed by atoms with E-state index in [1.165, 1.54) is 12.4 Å². The van der Waals surface area contributed by atoms with Gasteiger partial charge in [0.15, 0.2) is 11.6 Å². The number of hydrogen-bond donors (Lipinski definition) is 1. The highest BCUT2D eigenvalue weighted by atomic mass is 19.4. The molecule has 3 heterocycles. The van der Waals surface area contributed by atoms with Gasteiger partial charge in [0.25, 0.3) is 0 Å². The third kappa shape index (κ3) is 4.61. The molecule has 152 valence electrons. The zero-order chi connectivity index (χ0) is 20.1. The molecule has 1 saturated heterocycles. The standard InChI is InChI=1S/C18H22F3N5O2/c1-27-10-14-16(28-2)17(24-11-23-14)25-13-5-7-26(8-6-13)15-4-3-12(9-22-15)18(19,20)21/h3-4,9,11,13H,5-8,10H2,1-2H3,(H,23,24,25). The lowest BCUT2D eigenvalue weighted by molar-refractivity contribution is -0.137. The molecule has 1 aliphatic rings. The second-order valence-electron chi connectivity index (χ2n) is 6.44. The molecule has 0 unspecified atom stereocenters. The Morgan fingerprint density at radius 3 is 2.46 bits per heavy atom. The van der Waals surface area contributed by atoms with Crippen molar-refractivity contribution in [3.05, 3.63) is 35.9 Å². The molecule has 10 heteroatoms. The van der Waals surface area contributed by atoms with Crippen LogP contribution in [0.1, 0.15) is 24.1 Å². The Hall–Kier alpha value is -2.62. The largest absolute Gasteiger partial charge is 0.491 e. The SMILES string of the molecule is COCc1ncnc(NC2CCN(c3ccc(C(F)(F)F)cn3)CC2)c1OC. The first-order valence-electron chi connectivity index (χ1n) is 8.84. The Kier molecular flexibility index (Phi) is 6.18. The van der Waals surface area contributed by atoms with E-state index in [2.05, 4.69) is 20.3 Å². The van der Waals surface area contributed by atoms with Crippen molar-refractivity contribution >= 4 is 11.6 Å². The van der Waals surface area contributed by atoms with Crippen LogP contribution in [0.25, 0.3) is 0 Å². The summed E-state index contributed by atoms with van der Waals surface area (Å²) in [5, 5.41) is 3.37. The maximum atomic E-state index is 12.7. The predicted molar refractivity (Wildman–Crippen MR) is 97.4 cm³/mol. The van der Waals surface area contributed by atoms with E-state index in [9.17, 15) is 13.2 Å². The van der Waals surface area contributed by atoms with Gasteiger partial charge in [-0.15, -0.1) is 0 Å². The molecule has 0 saturated carbocycles. The predicted octanol–water partition coefficient (Wildman–Crippen LogP) is 3.13. The van der Waals surface area contributed by atoms with Gasteiger partial charge < -0.3 is 19.7 Å². The third-order valence-electron chi connectivity index (χ3n) is 4.60. The minimum Gasteiger partial charge on any atom is -0.491 e. The van der Waals surface area contributed by atoms with Gasteiger partial charge in [0, 0.05) is 32.4 Å². The maximum absolute atomic E-state index is 12.7. The zero-order valence-corrected chi connectivity index (χ0v) is 15.7. The fraction of sp³-hybridized carbons (Fsp3) is 0.500. The first-order chi connectivity index (χ1) is 13.4. The molecule has 2 aromatic rings. The zero-order valence-electron chi connectivity index (χ0n) is 15.7. The van der Waals surface area contributed by atoms with E-state index in [0.717, 1.165) is 25.1 Å². The number of rotatable bonds is 6. The number of anilines is 2. The van der Waals surface area contributed by atoms with E-state index < -0.39 is 11.7 Å². The van der Waals surface area contributed by atoms with Gasteiger partial charge >= 0.3 is 6.18 Å². The minimum absolute atomic E-state index is 0.157. The first kappa shape index (κ1) is 20.1. The van der Waals surface area contributed by atoms with Gasteiger partial charge in [-0.05, 0) is 25.0 Å². The molecule has 7 nitrogen and oxygen atoms in total. The molecule has 1 aliphatic heterocycles. The molecule has 0 spiro atoms. The summed E-state index contributed by atoms with van der Waals surface area (Å²) in [5.74, 6) is 1.71. The van der Waals surface area contributed by atoms with Crippen molar-refractivity contribution in [2.75, 3.05) is 37.5 Å². The van der Waals surface area contributed by atoms with Crippen molar-refractivity contribution in [2.45, 2.75) is 31.7 Å². The average Bonchev–Trinajstić information content (AvgIpc) is 2.68. The van der Waals surface area contributed by atoms with E-state index in [4.69, 9.17) is 9.47 Å². The van der Waals surface area contributed by atoms with Crippen LogP contribution in [0.15, 0.2) is 24.7 Å². The van der Waals surface area contributed by atoms with Gasteiger partial charge in [-0.3, -0.25) is 0 Å². The number of nitrogens with zero attached hydrogens (tertiary/aromatic N) is 4. The molecule has 2 aromatic heterocycles. The van der Waals surface area contributed by atoms with E-state index in [1.807, 2.05) is 4.90 Å². The number of methoxy groups -OCH3 is 2. The Labute approximate surface area is 160 Å². The summed E-state index contributed by atoms with van der Waals surface area (Å²) < 4.78 is 48.6.